The second-order valence-electron chi connectivity index (χ2n) is 6.42. The van der Waals surface area contributed by atoms with E-state index in [1.165, 1.54) is 0 Å². The van der Waals surface area contributed by atoms with Crippen molar-refractivity contribution in [1.29, 1.82) is 0 Å². The van der Waals surface area contributed by atoms with E-state index in [-0.39, 0.29) is 0 Å². The van der Waals surface area contributed by atoms with Crippen LogP contribution >= 0.6 is 22.9 Å². The van der Waals surface area contributed by atoms with E-state index in [2.05, 4.69) is 22.5 Å². The average Bonchev–Trinajstić information content (AvgIpc) is 3.16. The molecule has 4 rings (SSSR count). The maximum atomic E-state index is 6.07. The van der Waals surface area contributed by atoms with Gasteiger partial charge in [-0.1, -0.05) is 60.1 Å². The summed E-state index contributed by atoms with van der Waals surface area (Å²) in [7, 11) is 0. The van der Waals surface area contributed by atoms with Gasteiger partial charge in [-0.15, -0.1) is 11.3 Å². The van der Waals surface area contributed by atoms with Crippen molar-refractivity contribution < 1.29 is 0 Å². The first-order valence-electron chi connectivity index (χ1n) is 9.18. The van der Waals surface area contributed by atoms with Gasteiger partial charge in [-0.3, -0.25) is 9.98 Å². The molecule has 0 unspecified atom stereocenters. The average molecular weight is 419 g/mol. The molecule has 144 valence electrons. The minimum atomic E-state index is 0.597. The second-order valence-corrected chi connectivity index (χ2v) is 7.70. The van der Waals surface area contributed by atoms with E-state index in [9.17, 15) is 0 Å². The number of pyridine rings is 1. The summed E-state index contributed by atoms with van der Waals surface area (Å²) in [6.45, 7) is 2.55. The zero-order valence-electron chi connectivity index (χ0n) is 15.9. The molecule has 6 heteroatoms. The number of halogens is 1. The maximum absolute atomic E-state index is 6.07. The van der Waals surface area contributed by atoms with Gasteiger partial charge in [-0.25, -0.2) is 4.68 Å². The number of benzene rings is 2. The van der Waals surface area contributed by atoms with E-state index in [4.69, 9.17) is 21.7 Å². The fraction of sp³-hybridized carbons (Fsp3) is 0.0870. The molecular weight excluding hydrogens is 400 g/mol. The molecule has 0 saturated carbocycles. The van der Waals surface area contributed by atoms with Crippen LogP contribution in [0.4, 0.5) is 0 Å². The van der Waals surface area contributed by atoms with Crippen molar-refractivity contribution in [3.05, 3.63) is 105 Å². The van der Waals surface area contributed by atoms with Gasteiger partial charge in [0.2, 0.25) is 4.80 Å². The van der Waals surface area contributed by atoms with Crippen LogP contribution in [0, 0.1) is 0 Å². The third-order valence-corrected chi connectivity index (χ3v) is 5.46. The van der Waals surface area contributed by atoms with Crippen molar-refractivity contribution >= 4 is 28.6 Å². The van der Waals surface area contributed by atoms with Crippen molar-refractivity contribution in [3.8, 4) is 11.3 Å². The number of nitrogens with zero attached hydrogens (tertiary/aromatic N) is 4. The lowest BCUT2D eigenvalue weighted by Gasteiger charge is -2.06. The molecular formula is C23H19ClN4S. The van der Waals surface area contributed by atoms with Gasteiger partial charge in [0.1, 0.15) is 0 Å². The van der Waals surface area contributed by atoms with Gasteiger partial charge in [0.25, 0.3) is 0 Å². The summed E-state index contributed by atoms with van der Waals surface area (Å²) in [5, 5.41) is 7.63. The largest absolute Gasteiger partial charge is 0.255 e. The van der Waals surface area contributed by atoms with Crippen molar-refractivity contribution in [1.82, 2.24) is 9.66 Å². The molecule has 4 aromatic rings. The molecule has 0 saturated heterocycles. The fourth-order valence-electron chi connectivity index (χ4n) is 2.84. The highest BCUT2D eigenvalue weighted by Gasteiger charge is 2.09. The molecule has 0 N–H and O–H groups in total. The Hall–Kier alpha value is -3.02. The van der Waals surface area contributed by atoms with E-state index in [1.807, 2.05) is 72.3 Å². The quantitative estimate of drug-likeness (QED) is 0.387. The highest BCUT2D eigenvalue weighted by atomic mass is 35.5. The summed E-state index contributed by atoms with van der Waals surface area (Å²) >= 11 is 7.63. The molecule has 2 aromatic heterocycles. The van der Waals surface area contributed by atoms with Crippen LogP contribution in [0.25, 0.3) is 11.3 Å². The van der Waals surface area contributed by atoms with Gasteiger partial charge in [0, 0.05) is 22.2 Å². The zero-order chi connectivity index (χ0) is 20.1. The molecule has 0 fully saturated rings. The standard InChI is InChI=1S/C23H19ClN4S/c1-17(21-9-5-6-14-25-21)27-28-22(19-10-12-20(24)13-11-19)16-29-23(28)26-15-18-7-3-2-4-8-18/h2-14,16H,15H2,1H3. The van der Waals surface area contributed by atoms with Crippen LogP contribution in [0.15, 0.2) is 94.5 Å². The highest BCUT2D eigenvalue weighted by molar-refractivity contribution is 7.07. The molecule has 0 aliphatic heterocycles. The Labute approximate surface area is 178 Å². The summed E-state index contributed by atoms with van der Waals surface area (Å²) in [6, 6.07) is 23.8. The zero-order valence-corrected chi connectivity index (χ0v) is 17.4. The molecule has 0 aliphatic rings. The Morgan fingerprint density at radius 1 is 1.00 bits per heavy atom. The van der Waals surface area contributed by atoms with Crippen LogP contribution in [0.2, 0.25) is 5.02 Å². The van der Waals surface area contributed by atoms with E-state index in [0.29, 0.717) is 11.6 Å². The molecule has 0 amide bonds. The van der Waals surface area contributed by atoms with Gasteiger partial charge in [-0.05, 0) is 36.8 Å². The molecule has 0 aliphatic carbocycles. The van der Waals surface area contributed by atoms with Gasteiger partial charge in [0.05, 0.1) is 23.6 Å². The van der Waals surface area contributed by atoms with Gasteiger partial charge < -0.3 is 0 Å². The number of thiazole rings is 1. The van der Waals surface area contributed by atoms with Crippen molar-refractivity contribution in [2.75, 3.05) is 0 Å². The van der Waals surface area contributed by atoms with Crippen molar-refractivity contribution in [2.24, 2.45) is 10.1 Å². The minimum absolute atomic E-state index is 0.597. The molecule has 2 aromatic carbocycles. The SMILES string of the molecule is CC(=Nn1c(-c2ccc(Cl)cc2)csc1=NCc1ccccc1)c1ccccn1. The van der Waals surface area contributed by atoms with Crippen LogP contribution in [0.3, 0.4) is 0 Å². The van der Waals surface area contributed by atoms with Crippen LogP contribution in [-0.4, -0.2) is 15.4 Å². The number of aromatic nitrogens is 2. The molecule has 0 spiro atoms. The number of hydrogen-bond donors (Lipinski definition) is 0. The summed E-state index contributed by atoms with van der Waals surface area (Å²) in [6.07, 6.45) is 1.77. The Morgan fingerprint density at radius 3 is 2.48 bits per heavy atom. The van der Waals surface area contributed by atoms with E-state index >= 15 is 0 Å². The lowest BCUT2D eigenvalue weighted by molar-refractivity contribution is 0.818. The first kappa shape index (κ1) is 19.3. The summed E-state index contributed by atoms with van der Waals surface area (Å²) < 4.78 is 1.89. The van der Waals surface area contributed by atoms with E-state index in [0.717, 1.165) is 33.0 Å². The molecule has 4 nitrogen and oxygen atoms in total. The Bertz CT molecular complexity index is 1180. The van der Waals surface area contributed by atoms with Crippen molar-refractivity contribution in [3.63, 3.8) is 0 Å². The molecule has 0 bridgehead atoms. The van der Waals surface area contributed by atoms with Crippen LogP contribution in [0.5, 0.6) is 0 Å². The summed E-state index contributed by atoms with van der Waals surface area (Å²) in [5.74, 6) is 0. The minimum Gasteiger partial charge on any atom is -0.255 e. The second kappa shape index (κ2) is 8.99. The number of rotatable bonds is 5. The Morgan fingerprint density at radius 2 is 1.76 bits per heavy atom. The van der Waals surface area contributed by atoms with Crippen molar-refractivity contribution in [2.45, 2.75) is 13.5 Å². The predicted octanol–water partition coefficient (Wildman–Crippen LogP) is 5.64. The fourth-order valence-corrected chi connectivity index (χ4v) is 3.80. The topological polar surface area (TPSA) is 42.5 Å². The number of hydrogen-bond acceptors (Lipinski definition) is 4. The third-order valence-electron chi connectivity index (χ3n) is 4.35. The monoisotopic (exact) mass is 418 g/mol. The van der Waals surface area contributed by atoms with Crippen LogP contribution < -0.4 is 4.80 Å². The van der Waals surface area contributed by atoms with Gasteiger partial charge in [0.15, 0.2) is 0 Å². The smallest absolute Gasteiger partial charge is 0.206 e. The van der Waals surface area contributed by atoms with Crippen LogP contribution in [-0.2, 0) is 6.54 Å². The normalized spacial score (nSPS) is 12.3. The Balaban J connectivity index is 1.80. The lowest BCUT2D eigenvalue weighted by Crippen LogP contribution is -2.15. The summed E-state index contributed by atoms with van der Waals surface area (Å²) in [4.78, 5) is 10.1. The molecule has 0 atom stereocenters. The Kier molecular flexibility index (Phi) is 5.98. The third kappa shape index (κ3) is 4.70. The van der Waals surface area contributed by atoms with E-state index in [1.54, 1.807) is 17.5 Å². The molecule has 2 heterocycles. The van der Waals surface area contributed by atoms with Gasteiger partial charge >= 0.3 is 0 Å². The van der Waals surface area contributed by atoms with Gasteiger partial charge in [-0.2, -0.15) is 5.10 Å². The first-order chi connectivity index (χ1) is 14.2. The van der Waals surface area contributed by atoms with Crippen LogP contribution in [0.1, 0.15) is 18.2 Å². The first-order valence-corrected chi connectivity index (χ1v) is 10.4. The summed E-state index contributed by atoms with van der Waals surface area (Å²) in [5.41, 5.74) is 4.81. The molecule has 29 heavy (non-hydrogen) atoms. The molecule has 0 radical (unpaired) electrons. The maximum Gasteiger partial charge on any atom is 0.206 e. The van der Waals surface area contributed by atoms with E-state index < -0.39 is 0 Å². The highest BCUT2D eigenvalue weighted by Crippen LogP contribution is 2.22. The predicted molar refractivity (Wildman–Crippen MR) is 120 cm³/mol. The lowest BCUT2D eigenvalue weighted by atomic mass is 10.2.